The number of aliphatic hydroxyl groups is 3. The molecular formula is C52H56Cl2F4N4O5. The third-order valence-electron chi connectivity index (χ3n) is 11.6. The van der Waals surface area contributed by atoms with Gasteiger partial charge < -0.3 is 39.9 Å². The van der Waals surface area contributed by atoms with Crippen LogP contribution in [0.4, 0.5) is 28.9 Å². The van der Waals surface area contributed by atoms with Gasteiger partial charge in [0.05, 0.1) is 52.8 Å². The summed E-state index contributed by atoms with van der Waals surface area (Å²) in [4.78, 5) is 6.81. The molecule has 0 amide bonds. The van der Waals surface area contributed by atoms with Gasteiger partial charge in [-0.2, -0.15) is 0 Å². The van der Waals surface area contributed by atoms with Crippen molar-refractivity contribution >= 4 is 34.6 Å². The minimum Gasteiger partial charge on any atom is -0.491 e. The SMILES string of the molecule is C[C@H](O)c1ccc(F)cc1.C[C@H](c1ccc(F)cc1)N1CCN(c2ccc(OCCO)cc2Cl)[C@H](c2ccc(F)cc2)C1.OCCOc1ccc(N2CCNC[C@H]2c2ccc(F)cc2)c(Cl)c1. The summed E-state index contributed by atoms with van der Waals surface area (Å²) in [6.07, 6.45) is -0.513. The first-order chi connectivity index (χ1) is 32.3. The second kappa shape index (κ2) is 25.1. The molecule has 0 unspecified atom stereocenters. The van der Waals surface area contributed by atoms with Crippen LogP contribution in [-0.4, -0.2) is 85.9 Å². The number of hydrogen-bond acceptors (Lipinski definition) is 9. The fourth-order valence-electron chi connectivity index (χ4n) is 8.03. The summed E-state index contributed by atoms with van der Waals surface area (Å²) in [6, 6.07) is 36.8. The standard InChI is InChI=1S/C26H27ClF2N2O2.C18H20ClFN2O2.C8H9FO/c1-18(19-2-6-21(28)7-3-19)30-12-13-31(26(17-30)20-4-8-22(29)9-5-20)25-11-10-23(16-24(25)27)33-15-14-32;19-16-11-15(24-10-9-23)5-6-17(16)22-8-7-21-12-18(22)13-1-3-14(20)4-2-13;1-6(10)7-2-4-8(9)5-3-7/h2-11,16,18,26,32H,12-15,17H2,1H3;1-6,11,18,21,23H,7-10,12H2;2-6,10H,1H3/t18-,26+;18-;6-/m100/s1. The van der Waals surface area contributed by atoms with Gasteiger partial charge in [-0.15, -0.1) is 0 Å². The van der Waals surface area contributed by atoms with Gasteiger partial charge in [-0.25, -0.2) is 17.6 Å². The van der Waals surface area contributed by atoms with E-state index in [-0.39, 0.29) is 67.8 Å². The Hall–Kier alpha value is -5.38. The molecule has 15 heteroatoms. The van der Waals surface area contributed by atoms with Gasteiger partial charge in [-0.3, -0.25) is 4.90 Å². The van der Waals surface area contributed by atoms with Crippen LogP contribution in [0, 0.1) is 23.3 Å². The van der Waals surface area contributed by atoms with E-state index in [4.69, 9.17) is 48.0 Å². The second-order valence-electron chi connectivity index (χ2n) is 16.0. The maximum absolute atomic E-state index is 13.6. The lowest BCUT2D eigenvalue weighted by molar-refractivity contribution is 0.171. The molecule has 2 aliphatic heterocycles. The van der Waals surface area contributed by atoms with Crippen molar-refractivity contribution in [1.29, 1.82) is 0 Å². The molecule has 0 aliphatic carbocycles. The monoisotopic (exact) mass is 962 g/mol. The number of nitrogens with zero attached hydrogens (tertiary/aromatic N) is 3. The van der Waals surface area contributed by atoms with Crippen LogP contribution in [0.15, 0.2) is 133 Å². The van der Waals surface area contributed by atoms with E-state index in [0.29, 0.717) is 34.6 Å². The van der Waals surface area contributed by atoms with Crippen LogP contribution in [0.2, 0.25) is 10.0 Å². The van der Waals surface area contributed by atoms with Crippen LogP contribution >= 0.6 is 23.2 Å². The first-order valence-electron chi connectivity index (χ1n) is 22.1. The van der Waals surface area contributed by atoms with Crippen molar-refractivity contribution < 1.29 is 42.4 Å². The van der Waals surface area contributed by atoms with Gasteiger partial charge in [0, 0.05) is 57.4 Å². The van der Waals surface area contributed by atoms with E-state index in [1.165, 1.54) is 48.5 Å². The Balaban J connectivity index is 0.000000189. The molecule has 0 radical (unpaired) electrons. The Morgan fingerprint density at radius 2 is 1.01 bits per heavy atom. The number of piperazine rings is 2. The molecule has 2 saturated heterocycles. The fourth-order valence-corrected chi connectivity index (χ4v) is 8.59. The highest BCUT2D eigenvalue weighted by Crippen LogP contribution is 2.39. The first-order valence-corrected chi connectivity index (χ1v) is 22.8. The van der Waals surface area contributed by atoms with Gasteiger partial charge in [0.15, 0.2) is 0 Å². The molecule has 0 aromatic heterocycles. The van der Waals surface area contributed by atoms with E-state index < -0.39 is 6.10 Å². The van der Waals surface area contributed by atoms with Gasteiger partial charge in [-0.05, 0) is 109 Å². The van der Waals surface area contributed by atoms with Crippen LogP contribution < -0.4 is 24.6 Å². The van der Waals surface area contributed by atoms with Crippen molar-refractivity contribution in [3.05, 3.63) is 189 Å². The molecular weight excluding hydrogens is 907 g/mol. The maximum atomic E-state index is 13.6. The van der Waals surface area contributed by atoms with Crippen LogP contribution in [0.25, 0.3) is 0 Å². The average molecular weight is 964 g/mol. The van der Waals surface area contributed by atoms with Gasteiger partial charge in [-0.1, -0.05) is 71.7 Å². The van der Waals surface area contributed by atoms with E-state index in [1.54, 1.807) is 31.2 Å². The number of anilines is 2. The van der Waals surface area contributed by atoms with Crippen LogP contribution in [0.5, 0.6) is 11.5 Å². The molecule has 8 rings (SSSR count). The molecule has 356 valence electrons. The normalized spacial score (nSPS) is 17.1. The molecule has 4 N–H and O–H groups in total. The minimum absolute atomic E-state index is 0.0379. The Labute approximate surface area is 399 Å². The van der Waals surface area contributed by atoms with Gasteiger partial charge >= 0.3 is 0 Å². The predicted octanol–water partition coefficient (Wildman–Crippen LogP) is 10.5. The van der Waals surface area contributed by atoms with Crippen molar-refractivity contribution in [2.24, 2.45) is 0 Å². The fraction of sp³-hybridized carbons (Fsp3) is 0.308. The lowest BCUT2D eigenvalue weighted by Crippen LogP contribution is -2.49. The van der Waals surface area contributed by atoms with Crippen LogP contribution in [-0.2, 0) is 0 Å². The highest BCUT2D eigenvalue weighted by atomic mass is 35.5. The van der Waals surface area contributed by atoms with Crippen molar-refractivity contribution in [2.75, 3.05) is 75.5 Å². The predicted molar refractivity (Wildman–Crippen MR) is 257 cm³/mol. The van der Waals surface area contributed by atoms with E-state index in [9.17, 15) is 17.6 Å². The number of hydrogen-bond donors (Lipinski definition) is 4. The summed E-state index contributed by atoms with van der Waals surface area (Å²) in [7, 11) is 0. The average Bonchev–Trinajstić information content (AvgIpc) is 3.34. The topological polar surface area (TPSA) is 101 Å². The highest BCUT2D eigenvalue weighted by Gasteiger charge is 2.32. The summed E-state index contributed by atoms with van der Waals surface area (Å²) < 4.78 is 63.4. The third-order valence-corrected chi connectivity index (χ3v) is 12.2. The maximum Gasteiger partial charge on any atom is 0.123 e. The number of rotatable bonds is 13. The van der Waals surface area contributed by atoms with Crippen molar-refractivity contribution in [2.45, 2.75) is 38.1 Å². The molecule has 2 heterocycles. The molecule has 6 aromatic rings. The number of ether oxygens (including phenoxy) is 2. The smallest absolute Gasteiger partial charge is 0.123 e. The summed E-state index contributed by atoms with van der Waals surface area (Å²) in [5.41, 5.74) is 5.61. The molecule has 0 spiro atoms. The zero-order valence-electron chi connectivity index (χ0n) is 37.3. The zero-order chi connectivity index (χ0) is 47.9. The minimum atomic E-state index is -0.513. The Bertz CT molecular complexity index is 2440. The molecule has 0 bridgehead atoms. The number of nitrogens with one attached hydrogen (secondary N) is 1. The largest absolute Gasteiger partial charge is 0.491 e. The summed E-state index contributed by atoms with van der Waals surface area (Å²) in [5.74, 6) is 0.190. The van der Waals surface area contributed by atoms with Gasteiger partial charge in [0.2, 0.25) is 0 Å². The van der Waals surface area contributed by atoms with Crippen molar-refractivity contribution in [1.82, 2.24) is 10.2 Å². The second-order valence-corrected chi connectivity index (χ2v) is 16.9. The van der Waals surface area contributed by atoms with Crippen molar-refractivity contribution in [3.8, 4) is 11.5 Å². The van der Waals surface area contributed by atoms with E-state index in [1.807, 2.05) is 60.7 Å². The summed E-state index contributed by atoms with van der Waals surface area (Å²) >= 11 is 13.1. The van der Waals surface area contributed by atoms with Gasteiger partial charge in [0.25, 0.3) is 0 Å². The molecule has 4 atom stereocenters. The quantitative estimate of drug-likeness (QED) is 0.0844. The molecule has 0 saturated carbocycles. The highest BCUT2D eigenvalue weighted by molar-refractivity contribution is 6.33. The van der Waals surface area contributed by atoms with Crippen LogP contribution in [0.3, 0.4) is 0 Å². The molecule has 9 nitrogen and oxygen atoms in total. The Morgan fingerprint density at radius 1 is 0.582 bits per heavy atom. The molecule has 2 aliphatic rings. The summed E-state index contributed by atoms with van der Waals surface area (Å²) in [5, 5.41) is 31.3. The van der Waals surface area contributed by atoms with Crippen molar-refractivity contribution in [3.63, 3.8) is 0 Å². The first kappa shape index (κ1) is 51.0. The van der Waals surface area contributed by atoms with Crippen LogP contribution in [0.1, 0.15) is 60.3 Å². The number of aliphatic hydroxyl groups excluding tert-OH is 3. The molecule has 67 heavy (non-hydrogen) atoms. The molecule has 6 aromatic carbocycles. The number of benzene rings is 6. The number of halogens is 6. The lowest BCUT2D eigenvalue weighted by Gasteiger charge is -2.45. The Kier molecular flexibility index (Phi) is 19.1. The van der Waals surface area contributed by atoms with E-state index in [0.717, 1.165) is 59.8 Å². The third kappa shape index (κ3) is 14.3. The Morgan fingerprint density at radius 3 is 1.46 bits per heavy atom. The molecule has 2 fully saturated rings. The zero-order valence-corrected chi connectivity index (χ0v) is 38.9. The summed E-state index contributed by atoms with van der Waals surface area (Å²) in [6.45, 7) is 8.72. The van der Waals surface area contributed by atoms with E-state index in [2.05, 4.69) is 26.9 Å². The lowest BCUT2D eigenvalue weighted by atomic mass is 9.98. The van der Waals surface area contributed by atoms with E-state index >= 15 is 0 Å². The van der Waals surface area contributed by atoms with Gasteiger partial charge in [0.1, 0.15) is 48.0 Å².